The summed E-state index contributed by atoms with van der Waals surface area (Å²) in [6, 6.07) is 16.8. The number of benzene rings is 2. The van der Waals surface area contributed by atoms with Gasteiger partial charge in [-0.2, -0.15) is 4.98 Å². The SMILES string of the molecule is COc1ccc(-c2noc(NCCN3CCC(Cc4ccccc4)CC3)n2)cc1OC. The van der Waals surface area contributed by atoms with E-state index >= 15 is 0 Å². The van der Waals surface area contributed by atoms with Gasteiger partial charge in [0.25, 0.3) is 0 Å². The molecule has 1 fully saturated rings. The Morgan fingerprint density at radius 2 is 1.81 bits per heavy atom. The first kappa shape index (κ1) is 21.2. The van der Waals surface area contributed by atoms with E-state index in [1.165, 1.54) is 24.8 Å². The Morgan fingerprint density at radius 3 is 2.55 bits per heavy atom. The van der Waals surface area contributed by atoms with E-state index in [0.717, 1.165) is 37.7 Å². The van der Waals surface area contributed by atoms with Gasteiger partial charge in [-0.1, -0.05) is 35.5 Å². The molecule has 0 aliphatic carbocycles. The van der Waals surface area contributed by atoms with Crippen molar-refractivity contribution in [2.75, 3.05) is 45.7 Å². The van der Waals surface area contributed by atoms with E-state index in [2.05, 4.69) is 50.7 Å². The highest BCUT2D eigenvalue weighted by Gasteiger charge is 2.19. The fraction of sp³-hybridized carbons (Fsp3) is 0.417. The van der Waals surface area contributed by atoms with Crippen LogP contribution in [0.1, 0.15) is 18.4 Å². The maximum atomic E-state index is 5.36. The highest BCUT2D eigenvalue weighted by Crippen LogP contribution is 2.31. The van der Waals surface area contributed by atoms with Crippen LogP contribution in [0.5, 0.6) is 11.5 Å². The molecule has 31 heavy (non-hydrogen) atoms. The minimum absolute atomic E-state index is 0.434. The van der Waals surface area contributed by atoms with E-state index in [4.69, 9.17) is 14.0 Å². The van der Waals surface area contributed by atoms with Crippen LogP contribution < -0.4 is 14.8 Å². The lowest BCUT2D eigenvalue weighted by Gasteiger charge is -2.31. The van der Waals surface area contributed by atoms with Crippen LogP contribution in [-0.4, -0.2) is 55.4 Å². The van der Waals surface area contributed by atoms with E-state index in [-0.39, 0.29) is 0 Å². The number of anilines is 1. The molecule has 1 saturated heterocycles. The molecule has 2 heterocycles. The predicted molar refractivity (Wildman–Crippen MR) is 121 cm³/mol. The van der Waals surface area contributed by atoms with Gasteiger partial charge in [0.1, 0.15) is 0 Å². The van der Waals surface area contributed by atoms with Crippen LogP contribution in [0.2, 0.25) is 0 Å². The summed E-state index contributed by atoms with van der Waals surface area (Å²) in [6.07, 6.45) is 3.69. The molecule has 7 heteroatoms. The molecule has 0 radical (unpaired) electrons. The molecule has 0 unspecified atom stereocenters. The number of hydrogen-bond acceptors (Lipinski definition) is 7. The van der Waals surface area contributed by atoms with Crippen LogP contribution in [-0.2, 0) is 6.42 Å². The smallest absolute Gasteiger partial charge is 0.321 e. The van der Waals surface area contributed by atoms with Gasteiger partial charge in [0.05, 0.1) is 14.2 Å². The first-order chi connectivity index (χ1) is 15.2. The molecule has 3 aromatic rings. The van der Waals surface area contributed by atoms with Crippen molar-refractivity contribution in [2.45, 2.75) is 19.3 Å². The zero-order valence-electron chi connectivity index (χ0n) is 18.2. The number of nitrogens with one attached hydrogen (secondary N) is 1. The third-order valence-corrected chi connectivity index (χ3v) is 5.85. The van der Waals surface area contributed by atoms with Crippen molar-refractivity contribution >= 4 is 6.01 Å². The summed E-state index contributed by atoms with van der Waals surface area (Å²) in [5, 5.41) is 7.32. The zero-order valence-corrected chi connectivity index (χ0v) is 18.2. The lowest BCUT2D eigenvalue weighted by Crippen LogP contribution is -2.37. The van der Waals surface area contributed by atoms with Crippen LogP contribution >= 0.6 is 0 Å². The van der Waals surface area contributed by atoms with E-state index in [1.54, 1.807) is 14.2 Å². The molecule has 1 N–H and O–H groups in total. The van der Waals surface area contributed by atoms with E-state index in [0.29, 0.717) is 23.3 Å². The average Bonchev–Trinajstić information content (AvgIpc) is 3.29. The molecule has 1 aliphatic rings. The molecular formula is C24H30N4O3. The molecule has 0 atom stereocenters. The van der Waals surface area contributed by atoms with Crippen LogP contribution in [0.15, 0.2) is 53.1 Å². The first-order valence-corrected chi connectivity index (χ1v) is 10.8. The number of methoxy groups -OCH3 is 2. The third-order valence-electron chi connectivity index (χ3n) is 5.85. The van der Waals surface area contributed by atoms with E-state index in [1.807, 2.05) is 18.2 Å². The Labute approximate surface area is 183 Å². The predicted octanol–water partition coefficient (Wildman–Crippen LogP) is 4.12. The standard InChI is InChI=1S/C24H30N4O3/c1-29-21-9-8-20(17-22(21)30-2)23-26-24(31-27-23)25-12-15-28-13-10-19(11-14-28)16-18-6-4-3-5-7-18/h3-9,17,19H,10-16H2,1-2H3,(H,25,26,27). The summed E-state index contributed by atoms with van der Waals surface area (Å²) in [6.45, 7) is 4.02. The van der Waals surface area contributed by atoms with Gasteiger partial charge < -0.3 is 24.2 Å². The molecule has 2 aromatic carbocycles. The van der Waals surface area contributed by atoms with Gasteiger partial charge in [0.2, 0.25) is 5.82 Å². The largest absolute Gasteiger partial charge is 0.493 e. The van der Waals surface area contributed by atoms with Crippen molar-refractivity contribution in [3.8, 4) is 22.9 Å². The molecular weight excluding hydrogens is 392 g/mol. The highest BCUT2D eigenvalue weighted by molar-refractivity contribution is 5.61. The van der Waals surface area contributed by atoms with Crippen molar-refractivity contribution in [3.63, 3.8) is 0 Å². The highest BCUT2D eigenvalue weighted by atomic mass is 16.5. The molecule has 0 bridgehead atoms. The second kappa shape index (κ2) is 10.3. The minimum Gasteiger partial charge on any atom is -0.493 e. The van der Waals surface area contributed by atoms with Crippen molar-refractivity contribution in [2.24, 2.45) is 5.92 Å². The number of likely N-dealkylation sites (tertiary alicyclic amines) is 1. The Kier molecular flexibility index (Phi) is 7.04. The molecule has 4 rings (SSSR count). The average molecular weight is 423 g/mol. The van der Waals surface area contributed by atoms with Gasteiger partial charge in [-0.15, -0.1) is 0 Å². The monoisotopic (exact) mass is 422 g/mol. The number of nitrogens with zero attached hydrogens (tertiary/aromatic N) is 3. The molecule has 0 saturated carbocycles. The molecule has 1 aromatic heterocycles. The van der Waals surface area contributed by atoms with E-state index in [9.17, 15) is 0 Å². The fourth-order valence-electron chi connectivity index (χ4n) is 4.07. The summed E-state index contributed by atoms with van der Waals surface area (Å²) in [5.74, 6) is 2.60. The Bertz CT molecular complexity index is 952. The second-order valence-electron chi connectivity index (χ2n) is 7.89. The van der Waals surface area contributed by atoms with Gasteiger partial charge in [-0.25, -0.2) is 0 Å². The van der Waals surface area contributed by atoms with E-state index < -0.39 is 0 Å². The van der Waals surface area contributed by atoms with Crippen LogP contribution in [0.4, 0.5) is 6.01 Å². The molecule has 0 amide bonds. The summed E-state index contributed by atoms with van der Waals surface area (Å²) in [5.41, 5.74) is 2.26. The quantitative estimate of drug-likeness (QED) is 0.556. The Hall–Kier alpha value is -3.06. The lowest BCUT2D eigenvalue weighted by molar-refractivity contribution is 0.189. The number of hydrogen-bond donors (Lipinski definition) is 1. The lowest BCUT2D eigenvalue weighted by atomic mass is 9.90. The van der Waals surface area contributed by atoms with Gasteiger partial charge in [0.15, 0.2) is 11.5 Å². The van der Waals surface area contributed by atoms with Crippen LogP contribution in [0, 0.1) is 5.92 Å². The van der Waals surface area contributed by atoms with Crippen molar-refractivity contribution in [1.82, 2.24) is 15.0 Å². The van der Waals surface area contributed by atoms with Crippen molar-refractivity contribution in [1.29, 1.82) is 0 Å². The van der Waals surface area contributed by atoms with Gasteiger partial charge >= 0.3 is 6.01 Å². The maximum absolute atomic E-state index is 5.36. The number of aromatic nitrogens is 2. The summed E-state index contributed by atoms with van der Waals surface area (Å²) >= 11 is 0. The number of piperidine rings is 1. The number of ether oxygens (including phenoxy) is 2. The summed E-state index contributed by atoms with van der Waals surface area (Å²) in [4.78, 5) is 6.95. The summed E-state index contributed by atoms with van der Waals surface area (Å²) < 4.78 is 16.0. The van der Waals surface area contributed by atoms with Gasteiger partial charge in [0, 0.05) is 18.7 Å². The molecule has 7 nitrogen and oxygen atoms in total. The normalized spacial score (nSPS) is 15.0. The van der Waals surface area contributed by atoms with Gasteiger partial charge in [-0.3, -0.25) is 0 Å². The minimum atomic E-state index is 0.434. The number of rotatable bonds is 9. The van der Waals surface area contributed by atoms with Gasteiger partial charge in [-0.05, 0) is 62.0 Å². The maximum Gasteiger partial charge on any atom is 0.321 e. The first-order valence-electron chi connectivity index (χ1n) is 10.8. The molecule has 1 aliphatic heterocycles. The topological polar surface area (TPSA) is 72.7 Å². The second-order valence-corrected chi connectivity index (χ2v) is 7.89. The van der Waals surface area contributed by atoms with Crippen LogP contribution in [0.25, 0.3) is 11.4 Å². The third kappa shape index (κ3) is 5.55. The Balaban J connectivity index is 1.22. The van der Waals surface area contributed by atoms with Crippen molar-refractivity contribution in [3.05, 3.63) is 54.1 Å². The van der Waals surface area contributed by atoms with Crippen LogP contribution in [0.3, 0.4) is 0 Å². The van der Waals surface area contributed by atoms with Crippen molar-refractivity contribution < 1.29 is 14.0 Å². The fourth-order valence-corrected chi connectivity index (χ4v) is 4.07. The Morgan fingerprint density at radius 1 is 1.03 bits per heavy atom. The molecule has 0 spiro atoms. The molecule has 164 valence electrons. The zero-order chi connectivity index (χ0) is 21.5. The summed E-state index contributed by atoms with van der Waals surface area (Å²) in [7, 11) is 3.22.